The van der Waals surface area contributed by atoms with Crippen molar-refractivity contribution in [3.63, 3.8) is 0 Å². The number of anilines is 2. The number of nitriles is 1. The van der Waals surface area contributed by atoms with Gasteiger partial charge >= 0.3 is 0 Å². The lowest BCUT2D eigenvalue weighted by Crippen LogP contribution is -2.16. The molecule has 0 aliphatic rings. The normalized spacial score (nSPS) is 10.8. The lowest BCUT2D eigenvalue weighted by atomic mass is 10.1. The van der Waals surface area contributed by atoms with Gasteiger partial charge in [-0.25, -0.2) is 8.42 Å². The van der Waals surface area contributed by atoms with Gasteiger partial charge in [0.1, 0.15) is 0 Å². The smallest absolute Gasteiger partial charge is 0.261 e. The van der Waals surface area contributed by atoms with E-state index in [4.69, 9.17) is 5.26 Å². The number of hydrogen-bond acceptors (Lipinski definition) is 4. The molecular weight excluding hydrogens is 386 g/mol. The van der Waals surface area contributed by atoms with Crippen LogP contribution in [0, 0.1) is 18.3 Å². The van der Waals surface area contributed by atoms with Crippen LogP contribution in [0.4, 0.5) is 11.4 Å². The first kappa shape index (κ1) is 20.1. The molecule has 0 aliphatic carbocycles. The topological polar surface area (TPSA) is 99.1 Å². The van der Waals surface area contributed by atoms with Crippen molar-refractivity contribution in [3.8, 4) is 6.07 Å². The number of benzene rings is 3. The fraction of sp³-hybridized carbons (Fsp3) is 0.0909. The van der Waals surface area contributed by atoms with Crippen molar-refractivity contribution in [3.05, 3.63) is 89.5 Å². The molecule has 0 unspecified atom stereocenters. The van der Waals surface area contributed by atoms with Gasteiger partial charge < -0.3 is 5.32 Å². The Morgan fingerprint density at radius 3 is 2.28 bits per heavy atom. The van der Waals surface area contributed by atoms with Gasteiger partial charge in [0.15, 0.2) is 0 Å². The van der Waals surface area contributed by atoms with Crippen LogP contribution in [0.5, 0.6) is 0 Å². The summed E-state index contributed by atoms with van der Waals surface area (Å²) in [5.41, 5.74) is 3.09. The lowest BCUT2D eigenvalue weighted by molar-refractivity contribution is 0.102. The molecule has 6 nitrogen and oxygen atoms in total. The minimum absolute atomic E-state index is 0.00454. The van der Waals surface area contributed by atoms with Gasteiger partial charge in [0.25, 0.3) is 15.9 Å². The zero-order valence-corrected chi connectivity index (χ0v) is 16.5. The third kappa shape index (κ3) is 5.21. The zero-order valence-electron chi connectivity index (χ0n) is 15.7. The predicted octanol–water partition coefficient (Wildman–Crippen LogP) is 4.11. The Hall–Kier alpha value is -3.63. The first-order chi connectivity index (χ1) is 13.9. The lowest BCUT2D eigenvalue weighted by Gasteiger charge is -2.10. The number of nitrogens with zero attached hydrogens (tertiary/aromatic N) is 1. The summed E-state index contributed by atoms with van der Waals surface area (Å²) >= 11 is 0. The van der Waals surface area contributed by atoms with E-state index >= 15 is 0 Å². The number of carbonyl (C=O) groups is 1. The Morgan fingerprint density at radius 2 is 1.62 bits per heavy atom. The van der Waals surface area contributed by atoms with Gasteiger partial charge in [-0.15, -0.1) is 0 Å². The highest BCUT2D eigenvalue weighted by Gasteiger charge is 2.16. The van der Waals surface area contributed by atoms with Crippen molar-refractivity contribution in [1.82, 2.24) is 0 Å². The van der Waals surface area contributed by atoms with Crippen molar-refractivity contribution < 1.29 is 13.2 Å². The van der Waals surface area contributed by atoms with E-state index in [0.29, 0.717) is 17.8 Å². The molecule has 29 heavy (non-hydrogen) atoms. The summed E-state index contributed by atoms with van der Waals surface area (Å²) < 4.78 is 27.8. The molecule has 0 atom stereocenters. The summed E-state index contributed by atoms with van der Waals surface area (Å²) in [4.78, 5) is 12.5. The first-order valence-electron chi connectivity index (χ1n) is 8.84. The van der Waals surface area contributed by atoms with Gasteiger partial charge in [-0.1, -0.05) is 35.9 Å². The molecule has 0 aromatic heterocycles. The van der Waals surface area contributed by atoms with Gasteiger partial charge in [0.2, 0.25) is 0 Å². The number of amides is 1. The predicted molar refractivity (Wildman–Crippen MR) is 112 cm³/mol. The fourth-order valence-electron chi connectivity index (χ4n) is 2.64. The minimum Gasteiger partial charge on any atom is -0.322 e. The van der Waals surface area contributed by atoms with Crippen LogP contribution in [0.1, 0.15) is 21.5 Å². The van der Waals surface area contributed by atoms with Crippen LogP contribution in [0.2, 0.25) is 0 Å². The quantitative estimate of drug-likeness (QED) is 0.644. The van der Waals surface area contributed by atoms with Crippen molar-refractivity contribution in [2.45, 2.75) is 18.2 Å². The van der Waals surface area contributed by atoms with E-state index in [1.54, 1.807) is 42.5 Å². The van der Waals surface area contributed by atoms with Crippen LogP contribution in [-0.2, 0) is 16.4 Å². The Bertz CT molecular complexity index is 1160. The molecule has 3 aromatic carbocycles. The second-order valence-electron chi connectivity index (χ2n) is 6.49. The van der Waals surface area contributed by atoms with Crippen molar-refractivity contribution in [2.75, 3.05) is 10.0 Å². The van der Waals surface area contributed by atoms with Crippen LogP contribution in [0.3, 0.4) is 0 Å². The van der Waals surface area contributed by atoms with Crippen LogP contribution in [0.15, 0.2) is 77.7 Å². The maximum atomic E-state index is 12.6. The molecule has 0 aliphatic heterocycles. The summed E-state index contributed by atoms with van der Waals surface area (Å²) in [5, 5.41) is 11.4. The van der Waals surface area contributed by atoms with Gasteiger partial charge in [-0.2, -0.15) is 5.26 Å². The molecular formula is C22H19N3O3S. The molecule has 0 heterocycles. The van der Waals surface area contributed by atoms with E-state index in [-0.39, 0.29) is 10.5 Å². The molecule has 7 heteroatoms. The standard InChI is InChI=1S/C22H19N3O3S/c1-16-5-9-20(10-6-16)25-29(27,28)21-4-2-3-18(15-21)22(26)24-19-11-7-17(8-12-19)13-14-23/h2-12,15,25H,13H2,1H3,(H,24,26). The molecule has 3 rings (SSSR count). The SMILES string of the molecule is Cc1ccc(NS(=O)(=O)c2cccc(C(=O)Nc3ccc(CC#N)cc3)c2)cc1. The van der Waals surface area contributed by atoms with Crippen molar-refractivity contribution in [1.29, 1.82) is 5.26 Å². The highest BCUT2D eigenvalue weighted by Crippen LogP contribution is 2.19. The molecule has 146 valence electrons. The average molecular weight is 405 g/mol. The molecule has 2 N–H and O–H groups in total. The fourth-order valence-corrected chi connectivity index (χ4v) is 3.74. The third-order valence-electron chi connectivity index (χ3n) is 4.21. The second kappa shape index (κ2) is 8.59. The van der Waals surface area contributed by atoms with E-state index < -0.39 is 15.9 Å². The van der Waals surface area contributed by atoms with Crippen LogP contribution in [-0.4, -0.2) is 14.3 Å². The summed E-state index contributed by atoms with van der Waals surface area (Å²) in [6.07, 6.45) is 0.294. The molecule has 0 bridgehead atoms. The summed E-state index contributed by atoms with van der Waals surface area (Å²) in [7, 11) is -3.83. The van der Waals surface area contributed by atoms with E-state index in [2.05, 4.69) is 16.1 Å². The number of aryl methyl sites for hydroxylation is 1. The molecule has 1 amide bonds. The van der Waals surface area contributed by atoms with Crippen molar-refractivity contribution >= 4 is 27.3 Å². The maximum absolute atomic E-state index is 12.6. The van der Waals surface area contributed by atoms with Crippen LogP contribution in [0.25, 0.3) is 0 Å². The largest absolute Gasteiger partial charge is 0.322 e. The van der Waals surface area contributed by atoms with Gasteiger partial charge in [0, 0.05) is 16.9 Å². The van der Waals surface area contributed by atoms with E-state index in [1.165, 1.54) is 18.2 Å². The Kier molecular flexibility index (Phi) is 5.96. The Labute approximate surface area is 169 Å². The summed E-state index contributed by atoms with van der Waals surface area (Å²) in [6, 6.07) is 21.8. The average Bonchev–Trinajstić information content (AvgIpc) is 2.71. The number of sulfonamides is 1. The molecule has 0 fully saturated rings. The number of nitrogens with one attached hydrogen (secondary N) is 2. The van der Waals surface area contributed by atoms with Crippen molar-refractivity contribution in [2.24, 2.45) is 0 Å². The number of carbonyl (C=O) groups excluding carboxylic acids is 1. The molecule has 0 saturated carbocycles. The highest BCUT2D eigenvalue weighted by molar-refractivity contribution is 7.92. The zero-order chi connectivity index (χ0) is 20.9. The van der Waals surface area contributed by atoms with E-state index in [0.717, 1.165) is 11.1 Å². The van der Waals surface area contributed by atoms with E-state index in [1.807, 2.05) is 19.1 Å². The third-order valence-corrected chi connectivity index (χ3v) is 5.58. The minimum atomic E-state index is -3.83. The van der Waals surface area contributed by atoms with Crippen LogP contribution >= 0.6 is 0 Å². The summed E-state index contributed by atoms with van der Waals surface area (Å²) in [5.74, 6) is -0.426. The Morgan fingerprint density at radius 1 is 0.966 bits per heavy atom. The molecule has 0 spiro atoms. The maximum Gasteiger partial charge on any atom is 0.261 e. The highest BCUT2D eigenvalue weighted by atomic mass is 32.2. The van der Waals surface area contributed by atoms with Gasteiger partial charge in [0.05, 0.1) is 17.4 Å². The first-order valence-corrected chi connectivity index (χ1v) is 10.3. The second-order valence-corrected chi connectivity index (χ2v) is 8.17. The molecule has 3 aromatic rings. The van der Waals surface area contributed by atoms with Gasteiger partial charge in [-0.05, 0) is 55.0 Å². The van der Waals surface area contributed by atoms with Gasteiger partial charge in [-0.3, -0.25) is 9.52 Å². The number of hydrogen-bond donors (Lipinski definition) is 2. The number of rotatable bonds is 6. The van der Waals surface area contributed by atoms with Crippen LogP contribution < -0.4 is 10.0 Å². The van der Waals surface area contributed by atoms with E-state index in [9.17, 15) is 13.2 Å². The Balaban J connectivity index is 1.76. The monoisotopic (exact) mass is 405 g/mol. The molecule has 0 radical (unpaired) electrons. The summed E-state index contributed by atoms with van der Waals surface area (Å²) in [6.45, 7) is 1.91. The molecule has 0 saturated heterocycles.